The standard InChI is InChI=1S/C26H36N6O2/c1-3-24(25-28-29-30-32(25)21-8-5-4-6-9-21)31(17-22-10-7-13-34-22)16-20-15-19-14-18(2)11-12-23(19)27-26(20)33/h11-12,14-15,21-22,24H,3-10,13,16-17H2,1-2H3,(H,27,33)/t22-,24+/m1/s1. The lowest BCUT2D eigenvalue weighted by Gasteiger charge is -2.33. The van der Waals surface area contributed by atoms with Crippen molar-refractivity contribution in [2.45, 2.75) is 89.9 Å². The molecule has 2 aliphatic rings. The Bertz CT molecular complexity index is 1160. The van der Waals surface area contributed by atoms with E-state index in [1.807, 2.05) is 18.2 Å². The molecule has 2 aromatic heterocycles. The Morgan fingerprint density at radius 1 is 1.18 bits per heavy atom. The molecule has 3 heterocycles. The van der Waals surface area contributed by atoms with Gasteiger partial charge in [0.2, 0.25) is 0 Å². The van der Waals surface area contributed by atoms with E-state index in [9.17, 15) is 4.79 Å². The van der Waals surface area contributed by atoms with Crippen molar-refractivity contribution in [1.82, 2.24) is 30.1 Å². The number of nitrogens with one attached hydrogen (secondary N) is 1. The van der Waals surface area contributed by atoms with Crippen molar-refractivity contribution >= 4 is 10.9 Å². The van der Waals surface area contributed by atoms with Crippen LogP contribution in [0.2, 0.25) is 0 Å². The first-order chi connectivity index (χ1) is 16.6. The second kappa shape index (κ2) is 10.4. The van der Waals surface area contributed by atoms with Gasteiger partial charge in [-0.05, 0) is 73.0 Å². The van der Waals surface area contributed by atoms with Crippen molar-refractivity contribution in [3.8, 4) is 0 Å². The Morgan fingerprint density at radius 2 is 2.03 bits per heavy atom. The van der Waals surface area contributed by atoms with Gasteiger partial charge in [0.25, 0.3) is 5.56 Å². The minimum atomic E-state index is -0.0320. The van der Waals surface area contributed by atoms with Crippen molar-refractivity contribution in [1.29, 1.82) is 0 Å². The molecule has 1 saturated heterocycles. The molecular formula is C26H36N6O2. The maximum Gasteiger partial charge on any atom is 0.252 e. The van der Waals surface area contributed by atoms with E-state index in [-0.39, 0.29) is 17.7 Å². The number of pyridine rings is 1. The van der Waals surface area contributed by atoms with Gasteiger partial charge < -0.3 is 9.72 Å². The minimum Gasteiger partial charge on any atom is -0.377 e. The summed E-state index contributed by atoms with van der Waals surface area (Å²) < 4.78 is 8.08. The summed E-state index contributed by atoms with van der Waals surface area (Å²) in [5, 5.41) is 14.1. The van der Waals surface area contributed by atoms with Gasteiger partial charge in [0.05, 0.1) is 18.2 Å². The van der Waals surface area contributed by atoms with Gasteiger partial charge in [0.1, 0.15) is 0 Å². The first kappa shape index (κ1) is 23.2. The van der Waals surface area contributed by atoms with E-state index in [4.69, 9.17) is 4.74 Å². The summed E-state index contributed by atoms with van der Waals surface area (Å²) in [6.07, 6.45) is 9.19. The number of ether oxygens (including phenoxy) is 1. The molecule has 1 aliphatic carbocycles. The largest absolute Gasteiger partial charge is 0.377 e. The predicted molar refractivity (Wildman–Crippen MR) is 132 cm³/mol. The van der Waals surface area contributed by atoms with E-state index in [1.165, 1.54) is 24.8 Å². The summed E-state index contributed by atoms with van der Waals surface area (Å²) in [4.78, 5) is 18.5. The molecule has 8 heteroatoms. The van der Waals surface area contributed by atoms with Crippen molar-refractivity contribution in [3.63, 3.8) is 0 Å². The molecule has 1 N–H and O–H groups in total. The summed E-state index contributed by atoms with van der Waals surface area (Å²) in [6, 6.07) is 8.56. The fraction of sp³-hybridized carbons (Fsp3) is 0.615. The number of tetrazole rings is 1. The van der Waals surface area contributed by atoms with Gasteiger partial charge in [-0.1, -0.05) is 37.8 Å². The molecule has 1 aromatic carbocycles. The van der Waals surface area contributed by atoms with Crippen molar-refractivity contribution < 1.29 is 4.74 Å². The molecule has 1 aliphatic heterocycles. The first-order valence-corrected chi connectivity index (χ1v) is 12.9. The number of aromatic nitrogens is 5. The highest BCUT2D eigenvalue weighted by molar-refractivity contribution is 5.79. The Morgan fingerprint density at radius 3 is 2.79 bits per heavy atom. The lowest BCUT2D eigenvalue weighted by Crippen LogP contribution is -2.38. The molecular weight excluding hydrogens is 428 g/mol. The van der Waals surface area contributed by atoms with E-state index in [2.05, 4.69) is 50.0 Å². The molecule has 0 spiro atoms. The molecule has 1 saturated carbocycles. The third-order valence-electron chi connectivity index (χ3n) is 7.48. The Labute approximate surface area is 200 Å². The van der Waals surface area contributed by atoms with Gasteiger partial charge in [-0.2, -0.15) is 0 Å². The number of benzene rings is 1. The van der Waals surface area contributed by atoms with Crippen LogP contribution >= 0.6 is 0 Å². The zero-order valence-corrected chi connectivity index (χ0v) is 20.4. The van der Waals surface area contributed by atoms with Crippen LogP contribution < -0.4 is 5.56 Å². The van der Waals surface area contributed by atoms with E-state index >= 15 is 0 Å². The smallest absolute Gasteiger partial charge is 0.252 e. The number of nitrogens with zero attached hydrogens (tertiary/aromatic N) is 5. The Balaban J connectivity index is 1.48. The molecule has 2 fully saturated rings. The summed E-state index contributed by atoms with van der Waals surface area (Å²) in [5.74, 6) is 0.917. The molecule has 0 amide bonds. The van der Waals surface area contributed by atoms with E-state index in [1.54, 1.807) is 0 Å². The Kier molecular flexibility index (Phi) is 7.06. The third-order valence-corrected chi connectivity index (χ3v) is 7.48. The topological polar surface area (TPSA) is 88.9 Å². The highest BCUT2D eigenvalue weighted by atomic mass is 16.5. The molecule has 0 bridgehead atoms. The third kappa shape index (κ3) is 4.93. The van der Waals surface area contributed by atoms with Crippen molar-refractivity contribution in [2.24, 2.45) is 0 Å². The fourth-order valence-corrected chi connectivity index (χ4v) is 5.67. The fourth-order valence-electron chi connectivity index (χ4n) is 5.67. The Hall–Kier alpha value is -2.58. The first-order valence-electron chi connectivity index (χ1n) is 12.9. The number of fused-ring (bicyclic) bond motifs is 1. The van der Waals surface area contributed by atoms with Crippen LogP contribution in [0.1, 0.15) is 87.3 Å². The number of rotatable bonds is 8. The second-order valence-electron chi connectivity index (χ2n) is 9.98. The summed E-state index contributed by atoms with van der Waals surface area (Å²) in [5.41, 5.74) is 2.79. The van der Waals surface area contributed by atoms with E-state index in [0.29, 0.717) is 12.6 Å². The lowest BCUT2D eigenvalue weighted by molar-refractivity contribution is 0.0481. The maximum absolute atomic E-state index is 13.0. The van der Waals surface area contributed by atoms with Crippen molar-refractivity contribution in [3.05, 3.63) is 51.6 Å². The molecule has 0 radical (unpaired) electrons. The zero-order valence-electron chi connectivity index (χ0n) is 20.4. The van der Waals surface area contributed by atoms with Crippen LogP contribution in [0.25, 0.3) is 10.9 Å². The molecule has 2 atom stereocenters. The highest BCUT2D eigenvalue weighted by Gasteiger charge is 2.31. The summed E-state index contributed by atoms with van der Waals surface area (Å²) in [6.45, 7) is 6.37. The molecule has 182 valence electrons. The van der Waals surface area contributed by atoms with Crippen LogP contribution in [-0.4, -0.2) is 49.3 Å². The van der Waals surface area contributed by atoms with E-state index in [0.717, 1.165) is 67.5 Å². The SMILES string of the molecule is CC[C@@H](c1nnnn1C1CCCCC1)N(Cc1cc2cc(C)ccc2[nH]c1=O)C[C@H]1CCCO1. The molecule has 5 rings (SSSR count). The van der Waals surface area contributed by atoms with Crippen LogP contribution in [0.3, 0.4) is 0 Å². The van der Waals surface area contributed by atoms with Crippen LogP contribution in [0, 0.1) is 6.92 Å². The number of hydrogen-bond donors (Lipinski definition) is 1. The van der Waals surface area contributed by atoms with Crippen LogP contribution in [0.4, 0.5) is 0 Å². The molecule has 0 unspecified atom stereocenters. The number of aromatic amines is 1. The maximum atomic E-state index is 13.0. The number of hydrogen-bond acceptors (Lipinski definition) is 6. The molecule has 34 heavy (non-hydrogen) atoms. The summed E-state index contributed by atoms with van der Waals surface area (Å²) in [7, 11) is 0. The van der Waals surface area contributed by atoms with Gasteiger partial charge in [-0.3, -0.25) is 9.69 Å². The number of aryl methyl sites for hydroxylation is 1. The average molecular weight is 465 g/mol. The van der Waals surface area contributed by atoms with Crippen LogP contribution in [-0.2, 0) is 11.3 Å². The number of H-pyrrole nitrogens is 1. The normalized spacial score (nSPS) is 20.4. The predicted octanol–water partition coefficient (Wildman–Crippen LogP) is 4.46. The van der Waals surface area contributed by atoms with Gasteiger partial charge in [0, 0.05) is 30.8 Å². The van der Waals surface area contributed by atoms with Gasteiger partial charge in [-0.15, -0.1) is 5.10 Å². The molecule has 8 nitrogen and oxygen atoms in total. The van der Waals surface area contributed by atoms with Crippen molar-refractivity contribution in [2.75, 3.05) is 13.2 Å². The van der Waals surface area contributed by atoms with Gasteiger partial charge in [-0.25, -0.2) is 4.68 Å². The summed E-state index contributed by atoms with van der Waals surface area (Å²) >= 11 is 0. The van der Waals surface area contributed by atoms with Gasteiger partial charge >= 0.3 is 0 Å². The lowest BCUT2D eigenvalue weighted by atomic mass is 9.95. The van der Waals surface area contributed by atoms with Crippen LogP contribution in [0.5, 0.6) is 0 Å². The second-order valence-corrected chi connectivity index (χ2v) is 9.98. The quantitative estimate of drug-likeness (QED) is 0.529. The highest BCUT2D eigenvalue weighted by Crippen LogP contribution is 2.32. The van der Waals surface area contributed by atoms with Crippen LogP contribution in [0.15, 0.2) is 29.1 Å². The van der Waals surface area contributed by atoms with Gasteiger partial charge in [0.15, 0.2) is 5.82 Å². The minimum absolute atomic E-state index is 0.0220. The monoisotopic (exact) mass is 464 g/mol. The average Bonchev–Trinajstić information content (AvgIpc) is 3.53. The molecule has 3 aromatic rings. The zero-order chi connectivity index (χ0) is 23.5. The van der Waals surface area contributed by atoms with E-state index < -0.39 is 0 Å².